The van der Waals surface area contributed by atoms with Crippen molar-refractivity contribution in [3.8, 4) is 0 Å². The number of nitrogens with one attached hydrogen (secondary N) is 1. The predicted molar refractivity (Wildman–Crippen MR) is 69.0 cm³/mol. The summed E-state index contributed by atoms with van der Waals surface area (Å²) in [6, 6.07) is 6.20. The van der Waals surface area contributed by atoms with Crippen LogP contribution in [0.2, 0.25) is 0 Å². The second kappa shape index (κ2) is 4.57. The van der Waals surface area contributed by atoms with E-state index in [1.165, 1.54) is 0 Å². The Hall–Kier alpha value is -1.84. The fourth-order valence-corrected chi connectivity index (χ4v) is 1.77. The van der Waals surface area contributed by atoms with Crippen molar-refractivity contribution in [2.24, 2.45) is 0 Å². The molecule has 4 nitrogen and oxygen atoms in total. The molecule has 0 aliphatic heterocycles. The molecule has 4 heteroatoms. The van der Waals surface area contributed by atoms with Gasteiger partial charge in [0, 0.05) is 18.2 Å². The Bertz CT molecular complexity index is 543. The molecule has 0 atom stereocenters. The minimum Gasteiger partial charge on any atom is -0.328 e. The first-order valence-electron chi connectivity index (χ1n) is 5.88. The molecule has 0 saturated carbocycles. The Morgan fingerprint density at radius 2 is 2.24 bits per heavy atom. The van der Waals surface area contributed by atoms with Gasteiger partial charge in [-0.1, -0.05) is 6.92 Å². The number of carbonyl (C=O) groups excluding carboxylic acids is 1. The summed E-state index contributed by atoms with van der Waals surface area (Å²) in [6.07, 6.45) is 2.32. The van der Waals surface area contributed by atoms with E-state index in [1.807, 2.05) is 31.5 Å². The molecular formula is C13H17N3O. The standard InChI is InChI=1S/C13H17N3O/c1-4-13(17)15-10-5-6-12-11(7-10)14-8-16(12)9(2)3/h5-9H,4H2,1-3H3,(H,15,17). The third-order valence-corrected chi connectivity index (χ3v) is 2.74. The van der Waals surface area contributed by atoms with Gasteiger partial charge in [-0.3, -0.25) is 4.79 Å². The van der Waals surface area contributed by atoms with Crippen molar-refractivity contribution in [1.29, 1.82) is 0 Å². The van der Waals surface area contributed by atoms with Crippen molar-refractivity contribution in [1.82, 2.24) is 9.55 Å². The Kier molecular flexibility index (Phi) is 3.13. The number of fused-ring (bicyclic) bond motifs is 1. The molecule has 0 aliphatic rings. The molecule has 0 fully saturated rings. The number of amides is 1. The molecule has 17 heavy (non-hydrogen) atoms. The molecule has 1 heterocycles. The van der Waals surface area contributed by atoms with E-state index in [0.29, 0.717) is 12.5 Å². The number of benzene rings is 1. The maximum absolute atomic E-state index is 11.3. The van der Waals surface area contributed by atoms with E-state index < -0.39 is 0 Å². The highest BCUT2D eigenvalue weighted by Gasteiger charge is 2.06. The summed E-state index contributed by atoms with van der Waals surface area (Å²) in [7, 11) is 0. The Balaban J connectivity index is 2.36. The molecule has 0 saturated heterocycles. The third-order valence-electron chi connectivity index (χ3n) is 2.74. The van der Waals surface area contributed by atoms with Gasteiger partial charge >= 0.3 is 0 Å². The van der Waals surface area contributed by atoms with Crippen LogP contribution in [0.5, 0.6) is 0 Å². The molecular weight excluding hydrogens is 214 g/mol. The number of rotatable bonds is 3. The summed E-state index contributed by atoms with van der Waals surface area (Å²) in [5, 5.41) is 2.83. The normalized spacial score (nSPS) is 11.1. The maximum Gasteiger partial charge on any atom is 0.224 e. The number of carbonyl (C=O) groups is 1. The molecule has 90 valence electrons. The van der Waals surface area contributed by atoms with Gasteiger partial charge in [0.25, 0.3) is 0 Å². The average molecular weight is 231 g/mol. The highest BCUT2D eigenvalue weighted by atomic mass is 16.1. The summed E-state index contributed by atoms with van der Waals surface area (Å²) < 4.78 is 2.11. The van der Waals surface area contributed by atoms with Crippen LogP contribution in [0.15, 0.2) is 24.5 Å². The summed E-state index contributed by atoms with van der Waals surface area (Å²) in [5.41, 5.74) is 2.81. The Morgan fingerprint density at radius 3 is 2.88 bits per heavy atom. The van der Waals surface area contributed by atoms with E-state index in [2.05, 4.69) is 28.7 Å². The number of anilines is 1. The van der Waals surface area contributed by atoms with Gasteiger partial charge in [0.1, 0.15) is 0 Å². The molecule has 1 amide bonds. The minimum atomic E-state index is 0.0210. The highest BCUT2D eigenvalue weighted by Crippen LogP contribution is 2.21. The molecule has 1 N–H and O–H groups in total. The van der Waals surface area contributed by atoms with E-state index >= 15 is 0 Å². The van der Waals surface area contributed by atoms with Crippen molar-refractivity contribution in [2.75, 3.05) is 5.32 Å². The lowest BCUT2D eigenvalue weighted by molar-refractivity contribution is -0.115. The molecule has 0 aliphatic carbocycles. The van der Waals surface area contributed by atoms with Crippen LogP contribution in [0.4, 0.5) is 5.69 Å². The predicted octanol–water partition coefficient (Wildman–Crippen LogP) is 2.97. The molecule has 1 aromatic carbocycles. The SMILES string of the molecule is CCC(=O)Nc1ccc2c(c1)ncn2C(C)C. The second-order valence-corrected chi connectivity index (χ2v) is 4.35. The minimum absolute atomic E-state index is 0.0210. The van der Waals surface area contributed by atoms with Crippen LogP contribution in [-0.4, -0.2) is 15.5 Å². The summed E-state index contributed by atoms with van der Waals surface area (Å²) in [6.45, 7) is 6.07. The smallest absolute Gasteiger partial charge is 0.224 e. The van der Waals surface area contributed by atoms with E-state index in [4.69, 9.17) is 0 Å². The van der Waals surface area contributed by atoms with Crippen LogP contribution in [-0.2, 0) is 4.79 Å². The van der Waals surface area contributed by atoms with Gasteiger partial charge in [0.2, 0.25) is 5.91 Å². The number of imidazole rings is 1. The quantitative estimate of drug-likeness (QED) is 0.882. The first kappa shape index (κ1) is 11.6. The van der Waals surface area contributed by atoms with Gasteiger partial charge in [-0.15, -0.1) is 0 Å². The maximum atomic E-state index is 11.3. The molecule has 2 aromatic rings. The van der Waals surface area contributed by atoms with Crippen LogP contribution < -0.4 is 5.32 Å². The summed E-state index contributed by atoms with van der Waals surface area (Å²) in [5.74, 6) is 0.0210. The van der Waals surface area contributed by atoms with E-state index in [9.17, 15) is 4.79 Å². The molecule has 0 spiro atoms. The molecule has 1 aromatic heterocycles. The van der Waals surface area contributed by atoms with Crippen molar-refractivity contribution >= 4 is 22.6 Å². The van der Waals surface area contributed by atoms with Crippen molar-refractivity contribution in [2.45, 2.75) is 33.2 Å². The largest absolute Gasteiger partial charge is 0.328 e. The fourth-order valence-electron chi connectivity index (χ4n) is 1.77. The van der Waals surface area contributed by atoms with E-state index in [1.54, 1.807) is 0 Å². The Morgan fingerprint density at radius 1 is 1.47 bits per heavy atom. The molecule has 0 radical (unpaired) electrons. The second-order valence-electron chi connectivity index (χ2n) is 4.35. The summed E-state index contributed by atoms with van der Waals surface area (Å²) >= 11 is 0. The zero-order valence-electron chi connectivity index (χ0n) is 10.4. The zero-order valence-corrected chi connectivity index (χ0v) is 10.4. The van der Waals surface area contributed by atoms with Gasteiger partial charge in [-0.05, 0) is 32.0 Å². The number of hydrogen-bond acceptors (Lipinski definition) is 2. The topological polar surface area (TPSA) is 46.9 Å². The summed E-state index contributed by atoms with van der Waals surface area (Å²) in [4.78, 5) is 15.6. The van der Waals surface area contributed by atoms with Gasteiger partial charge in [0.05, 0.1) is 17.4 Å². The first-order chi connectivity index (χ1) is 8.11. The van der Waals surface area contributed by atoms with E-state index in [0.717, 1.165) is 16.7 Å². The highest BCUT2D eigenvalue weighted by molar-refractivity contribution is 5.92. The number of aromatic nitrogens is 2. The van der Waals surface area contributed by atoms with Crippen LogP contribution in [0.1, 0.15) is 33.2 Å². The average Bonchev–Trinajstić information content (AvgIpc) is 2.71. The third kappa shape index (κ3) is 2.30. The first-order valence-corrected chi connectivity index (χ1v) is 5.88. The molecule has 2 rings (SSSR count). The monoisotopic (exact) mass is 231 g/mol. The van der Waals surface area contributed by atoms with Crippen LogP contribution in [0, 0.1) is 0 Å². The van der Waals surface area contributed by atoms with Crippen molar-refractivity contribution in [3.63, 3.8) is 0 Å². The van der Waals surface area contributed by atoms with Crippen LogP contribution >= 0.6 is 0 Å². The van der Waals surface area contributed by atoms with Gasteiger partial charge in [-0.2, -0.15) is 0 Å². The lowest BCUT2D eigenvalue weighted by Gasteiger charge is -2.08. The lowest BCUT2D eigenvalue weighted by Crippen LogP contribution is -2.09. The van der Waals surface area contributed by atoms with Crippen molar-refractivity contribution < 1.29 is 4.79 Å². The lowest BCUT2D eigenvalue weighted by atomic mass is 10.2. The van der Waals surface area contributed by atoms with Gasteiger partial charge < -0.3 is 9.88 Å². The van der Waals surface area contributed by atoms with Gasteiger partial charge in [0.15, 0.2) is 0 Å². The van der Waals surface area contributed by atoms with Crippen LogP contribution in [0.25, 0.3) is 11.0 Å². The fraction of sp³-hybridized carbons (Fsp3) is 0.385. The van der Waals surface area contributed by atoms with E-state index in [-0.39, 0.29) is 5.91 Å². The van der Waals surface area contributed by atoms with Crippen molar-refractivity contribution in [3.05, 3.63) is 24.5 Å². The number of nitrogens with zero attached hydrogens (tertiary/aromatic N) is 2. The zero-order chi connectivity index (χ0) is 12.4. The number of hydrogen-bond donors (Lipinski definition) is 1. The molecule has 0 bridgehead atoms. The van der Waals surface area contributed by atoms with Crippen LogP contribution in [0.3, 0.4) is 0 Å². The van der Waals surface area contributed by atoms with Gasteiger partial charge in [-0.25, -0.2) is 4.98 Å². The molecule has 0 unspecified atom stereocenters. The Labute approximate surface area is 101 Å².